The molecule has 31 heavy (non-hydrogen) atoms. The maximum Gasteiger partial charge on any atom is 0.242 e. The molecule has 1 saturated carbocycles. The summed E-state index contributed by atoms with van der Waals surface area (Å²) in [6, 6.07) is 7.60. The Morgan fingerprint density at radius 3 is 2.65 bits per heavy atom. The van der Waals surface area contributed by atoms with Gasteiger partial charge in [0.1, 0.15) is 18.1 Å². The quantitative estimate of drug-likeness (QED) is 0.648. The van der Waals surface area contributed by atoms with Crippen LogP contribution in [0.5, 0.6) is 5.75 Å². The molecule has 1 aliphatic carbocycles. The summed E-state index contributed by atoms with van der Waals surface area (Å²) >= 11 is 1.79. The number of anilines is 1. The number of rotatable bonds is 8. The van der Waals surface area contributed by atoms with Crippen molar-refractivity contribution in [3.05, 3.63) is 41.1 Å². The lowest BCUT2D eigenvalue weighted by atomic mass is 9.87. The van der Waals surface area contributed by atoms with Gasteiger partial charge in [0.15, 0.2) is 0 Å². The van der Waals surface area contributed by atoms with E-state index in [4.69, 9.17) is 4.74 Å². The summed E-state index contributed by atoms with van der Waals surface area (Å²) in [5.41, 5.74) is 3.03. The maximum atomic E-state index is 12.7. The second-order valence-corrected chi connectivity index (χ2v) is 9.29. The molecule has 0 atom stereocenters. The highest BCUT2D eigenvalue weighted by atomic mass is 32.2. The molecule has 0 spiro atoms. The summed E-state index contributed by atoms with van der Waals surface area (Å²) < 4.78 is 6.82. The van der Waals surface area contributed by atoms with Crippen molar-refractivity contribution in [2.24, 2.45) is 5.92 Å². The third-order valence-corrected chi connectivity index (χ3v) is 6.99. The van der Waals surface area contributed by atoms with Crippen molar-refractivity contribution >= 4 is 29.4 Å². The first-order valence-electron chi connectivity index (χ1n) is 11.0. The number of ether oxygens (including phenoxy) is 1. The number of thioether (sulfide) groups is 1. The minimum Gasteiger partial charge on any atom is -0.497 e. The molecule has 0 bridgehead atoms. The Hall–Kier alpha value is -2.48. The van der Waals surface area contributed by atoms with Crippen LogP contribution < -0.4 is 15.4 Å². The third kappa shape index (κ3) is 5.61. The molecular formula is C23H30N4O3S. The van der Waals surface area contributed by atoms with Gasteiger partial charge in [-0.05, 0) is 36.5 Å². The molecule has 4 rings (SSSR count). The molecule has 1 aromatic carbocycles. The van der Waals surface area contributed by atoms with Crippen LogP contribution in [0.15, 0.2) is 24.3 Å². The molecule has 2 aliphatic rings. The van der Waals surface area contributed by atoms with E-state index in [1.807, 2.05) is 24.3 Å². The monoisotopic (exact) mass is 442 g/mol. The average Bonchev–Trinajstić information content (AvgIpc) is 3.36. The summed E-state index contributed by atoms with van der Waals surface area (Å²) in [6.45, 7) is 0.524. The summed E-state index contributed by atoms with van der Waals surface area (Å²) in [5, 5.41) is 10.6. The smallest absolute Gasteiger partial charge is 0.242 e. The van der Waals surface area contributed by atoms with E-state index in [0.717, 1.165) is 46.9 Å². The normalized spacial score (nSPS) is 16.0. The van der Waals surface area contributed by atoms with E-state index >= 15 is 0 Å². The molecule has 166 valence electrons. The molecule has 8 heteroatoms. The number of carbonyl (C=O) groups excluding carboxylic acids is 2. The van der Waals surface area contributed by atoms with Crippen LogP contribution in [0.25, 0.3) is 0 Å². The standard InChI is InChI=1S/C23H30N4O3S/c1-30-18-9-7-17(8-10-18)12-24-22(29)13-27-23(19-14-31-15-20(19)26-27)25-21(28)11-16-5-3-2-4-6-16/h7-10,16H,2-6,11-15H2,1H3,(H,24,29)(H,25,28). The van der Waals surface area contributed by atoms with Crippen LogP contribution in [0, 0.1) is 5.92 Å². The van der Waals surface area contributed by atoms with Crippen LogP contribution in [0.3, 0.4) is 0 Å². The average molecular weight is 443 g/mol. The van der Waals surface area contributed by atoms with Gasteiger partial charge in [0.2, 0.25) is 11.8 Å². The Morgan fingerprint density at radius 1 is 1.13 bits per heavy atom. The van der Waals surface area contributed by atoms with Gasteiger partial charge in [0.05, 0.1) is 12.8 Å². The number of hydrogen-bond acceptors (Lipinski definition) is 5. The van der Waals surface area contributed by atoms with Crippen LogP contribution in [-0.4, -0.2) is 28.7 Å². The Morgan fingerprint density at radius 2 is 1.90 bits per heavy atom. The highest BCUT2D eigenvalue weighted by Gasteiger charge is 2.26. The molecular weight excluding hydrogens is 412 g/mol. The maximum absolute atomic E-state index is 12.7. The molecule has 1 aromatic heterocycles. The predicted octanol–water partition coefficient (Wildman–Crippen LogP) is 3.86. The first-order valence-corrected chi connectivity index (χ1v) is 12.1. The van der Waals surface area contributed by atoms with E-state index in [9.17, 15) is 9.59 Å². The van der Waals surface area contributed by atoms with Crippen LogP contribution in [0.2, 0.25) is 0 Å². The number of benzene rings is 1. The Kier molecular flexibility index (Phi) is 7.17. The zero-order valence-electron chi connectivity index (χ0n) is 18.0. The first-order chi connectivity index (χ1) is 15.1. The van der Waals surface area contributed by atoms with Crippen molar-refractivity contribution in [3.63, 3.8) is 0 Å². The fourth-order valence-corrected chi connectivity index (χ4v) is 5.33. The minimum atomic E-state index is -0.132. The van der Waals surface area contributed by atoms with E-state index in [1.54, 1.807) is 23.6 Å². The molecule has 0 saturated heterocycles. The molecule has 0 unspecified atom stereocenters. The van der Waals surface area contributed by atoms with Crippen LogP contribution in [-0.2, 0) is 34.2 Å². The SMILES string of the molecule is COc1ccc(CNC(=O)Cn2nc3c(c2NC(=O)CC2CCCCC2)CSC3)cc1. The van der Waals surface area contributed by atoms with E-state index in [-0.39, 0.29) is 18.4 Å². The van der Waals surface area contributed by atoms with Gasteiger partial charge in [-0.15, -0.1) is 0 Å². The summed E-state index contributed by atoms with van der Waals surface area (Å²) in [7, 11) is 1.63. The van der Waals surface area contributed by atoms with Gasteiger partial charge >= 0.3 is 0 Å². The predicted molar refractivity (Wildman–Crippen MR) is 122 cm³/mol. The van der Waals surface area contributed by atoms with E-state index in [2.05, 4.69) is 15.7 Å². The zero-order valence-corrected chi connectivity index (χ0v) is 18.8. The number of amides is 2. The lowest BCUT2D eigenvalue weighted by molar-refractivity contribution is -0.122. The van der Waals surface area contributed by atoms with Crippen LogP contribution >= 0.6 is 11.8 Å². The number of aromatic nitrogens is 2. The molecule has 2 amide bonds. The first kappa shape index (κ1) is 21.7. The Balaban J connectivity index is 1.37. The van der Waals surface area contributed by atoms with Gasteiger partial charge in [-0.1, -0.05) is 31.4 Å². The molecule has 2 heterocycles. The molecule has 1 fully saturated rings. The Labute approximate surface area is 187 Å². The third-order valence-electron chi connectivity index (χ3n) is 6.02. The largest absolute Gasteiger partial charge is 0.497 e. The van der Waals surface area contributed by atoms with Crippen LogP contribution in [0.1, 0.15) is 55.3 Å². The lowest BCUT2D eigenvalue weighted by Crippen LogP contribution is -2.29. The number of nitrogens with zero attached hydrogens (tertiary/aromatic N) is 2. The van der Waals surface area contributed by atoms with Gasteiger partial charge in [-0.25, -0.2) is 4.68 Å². The molecule has 1 aliphatic heterocycles. The summed E-state index contributed by atoms with van der Waals surface area (Å²) in [6.07, 6.45) is 6.54. The number of hydrogen-bond donors (Lipinski definition) is 2. The van der Waals surface area contributed by atoms with Crippen molar-refractivity contribution in [2.75, 3.05) is 12.4 Å². The van der Waals surface area contributed by atoms with Crippen molar-refractivity contribution in [2.45, 2.75) is 63.1 Å². The van der Waals surface area contributed by atoms with Gasteiger partial charge < -0.3 is 15.4 Å². The van der Waals surface area contributed by atoms with Crippen molar-refractivity contribution in [1.29, 1.82) is 0 Å². The van der Waals surface area contributed by atoms with E-state index in [1.165, 1.54) is 19.3 Å². The molecule has 2 N–H and O–H groups in total. The minimum absolute atomic E-state index is 0.0337. The number of fused-ring (bicyclic) bond motifs is 1. The Bertz CT molecular complexity index is 920. The zero-order chi connectivity index (χ0) is 21.6. The molecule has 7 nitrogen and oxygen atoms in total. The van der Waals surface area contributed by atoms with Crippen molar-refractivity contribution in [1.82, 2.24) is 15.1 Å². The van der Waals surface area contributed by atoms with Crippen LogP contribution in [0.4, 0.5) is 5.82 Å². The fourth-order valence-electron chi connectivity index (χ4n) is 4.29. The van der Waals surface area contributed by atoms with Crippen molar-refractivity contribution < 1.29 is 14.3 Å². The topological polar surface area (TPSA) is 85.2 Å². The van der Waals surface area contributed by atoms with Crippen molar-refractivity contribution in [3.8, 4) is 5.75 Å². The second kappa shape index (κ2) is 10.2. The highest BCUT2D eigenvalue weighted by molar-refractivity contribution is 7.98. The fraction of sp³-hybridized carbons (Fsp3) is 0.522. The van der Waals surface area contributed by atoms with Gasteiger partial charge in [0, 0.05) is 30.0 Å². The highest BCUT2D eigenvalue weighted by Crippen LogP contribution is 2.35. The second-order valence-electron chi connectivity index (χ2n) is 8.31. The number of carbonyl (C=O) groups is 2. The molecule has 2 aromatic rings. The summed E-state index contributed by atoms with van der Waals surface area (Å²) in [5.74, 6) is 3.50. The van der Waals surface area contributed by atoms with Gasteiger partial charge in [0.25, 0.3) is 0 Å². The summed E-state index contributed by atoms with van der Waals surface area (Å²) in [4.78, 5) is 25.3. The number of nitrogens with one attached hydrogen (secondary N) is 2. The number of methoxy groups -OCH3 is 1. The van der Waals surface area contributed by atoms with E-state index < -0.39 is 0 Å². The van der Waals surface area contributed by atoms with E-state index in [0.29, 0.717) is 24.7 Å². The van der Waals surface area contributed by atoms with Gasteiger partial charge in [-0.2, -0.15) is 16.9 Å². The molecule has 0 radical (unpaired) electrons. The lowest BCUT2D eigenvalue weighted by Gasteiger charge is -2.21. The van der Waals surface area contributed by atoms with Gasteiger partial charge in [-0.3, -0.25) is 9.59 Å².